The number of aromatic nitrogens is 2. The molecule has 7 heteroatoms. The van der Waals surface area contributed by atoms with Crippen molar-refractivity contribution in [2.75, 3.05) is 50.9 Å². The van der Waals surface area contributed by atoms with Crippen LogP contribution in [0.3, 0.4) is 0 Å². The highest BCUT2D eigenvalue weighted by molar-refractivity contribution is 5.74. The number of carbonyl (C=O) groups excluding carboxylic acids is 1. The number of nitrogens with zero attached hydrogens (tertiary/aromatic N) is 4. The van der Waals surface area contributed by atoms with Gasteiger partial charge in [0.25, 0.3) is 0 Å². The van der Waals surface area contributed by atoms with E-state index in [-0.39, 0.29) is 11.3 Å². The number of hydrogen-bond acceptors (Lipinski definition) is 6. The number of morpholine rings is 1. The van der Waals surface area contributed by atoms with Crippen LogP contribution in [0.4, 0.5) is 5.95 Å². The monoisotopic (exact) mass is 332 g/mol. The number of aryl methyl sites for hydroxylation is 1. The first kappa shape index (κ1) is 15.8. The maximum atomic E-state index is 11.8. The minimum absolute atomic E-state index is 0.123. The Kier molecular flexibility index (Phi) is 3.92. The third kappa shape index (κ3) is 2.56. The molecule has 4 rings (SSSR count). The van der Waals surface area contributed by atoms with E-state index in [1.54, 1.807) is 6.92 Å². The number of hydrogen-bond donors (Lipinski definition) is 0. The first-order valence-electron chi connectivity index (χ1n) is 8.63. The molecule has 0 bridgehead atoms. The molecule has 1 amide bonds. The van der Waals surface area contributed by atoms with Crippen molar-refractivity contribution >= 4 is 11.9 Å². The van der Waals surface area contributed by atoms with Gasteiger partial charge in [-0.1, -0.05) is 0 Å². The van der Waals surface area contributed by atoms with E-state index >= 15 is 0 Å². The van der Waals surface area contributed by atoms with Gasteiger partial charge in [0.15, 0.2) is 0 Å². The molecule has 0 saturated carbocycles. The van der Waals surface area contributed by atoms with Crippen LogP contribution in [0, 0.1) is 6.92 Å². The molecule has 3 aliphatic rings. The van der Waals surface area contributed by atoms with Gasteiger partial charge in [0.2, 0.25) is 11.9 Å². The summed E-state index contributed by atoms with van der Waals surface area (Å²) in [6, 6.07) is 0. The summed E-state index contributed by atoms with van der Waals surface area (Å²) >= 11 is 0. The molecule has 1 aromatic heterocycles. The van der Waals surface area contributed by atoms with E-state index in [9.17, 15) is 4.79 Å². The SMILES string of the molecule is CC(=O)N1CCC2(COCc3c(C)nc(N4CCOCC4)nc32)C1. The Balaban J connectivity index is 1.73. The summed E-state index contributed by atoms with van der Waals surface area (Å²) in [4.78, 5) is 25.6. The smallest absolute Gasteiger partial charge is 0.225 e. The van der Waals surface area contributed by atoms with Crippen LogP contribution >= 0.6 is 0 Å². The molecule has 0 aliphatic carbocycles. The molecule has 1 atom stereocenters. The summed E-state index contributed by atoms with van der Waals surface area (Å²) in [6.45, 7) is 9.39. The summed E-state index contributed by atoms with van der Waals surface area (Å²) in [5.74, 6) is 0.912. The molecule has 1 spiro atoms. The number of amides is 1. The first-order chi connectivity index (χ1) is 11.6. The molecule has 1 unspecified atom stereocenters. The van der Waals surface area contributed by atoms with Crippen LogP contribution < -0.4 is 4.90 Å². The summed E-state index contributed by atoms with van der Waals surface area (Å²) in [5, 5.41) is 0. The Bertz CT molecular complexity index is 659. The van der Waals surface area contributed by atoms with Gasteiger partial charge in [-0.2, -0.15) is 0 Å². The third-order valence-electron chi connectivity index (χ3n) is 5.42. The Morgan fingerprint density at radius 2 is 1.96 bits per heavy atom. The molecular weight excluding hydrogens is 308 g/mol. The lowest BCUT2D eigenvalue weighted by atomic mass is 9.80. The fraction of sp³-hybridized carbons (Fsp3) is 0.706. The predicted molar refractivity (Wildman–Crippen MR) is 88.0 cm³/mol. The average Bonchev–Trinajstić information content (AvgIpc) is 3.02. The fourth-order valence-electron chi connectivity index (χ4n) is 3.97. The minimum Gasteiger partial charge on any atom is -0.378 e. The number of anilines is 1. The summed E-state index contributed by atoms with van der Waals surface area (Å²) < 4.78 is 11.3. The van der Waals surface area contributed by atoms with Crippen molar-refractivity contribution in [2.24, 2.45) is 0 Å². The normalized spacial score (nSPS) is 26.8. The molecule has 24 heavy (non-hydrogen) atoms. The molecule has 1 aromatic rings. The van der Waals surface area contributed by atoms with Crippen LogP contribution in [0.2, 0.25) is 0 Å². The van der Waals surface area contributed by atoms with Gasteiger partial charge in [-0.25, -0.2) is 9.97 Å². The summed E-state index contributed by atoms with van der Waals surface area (Å²) in [6.07, 6.45) is 0.901. The molecule has 0 aromatic carbocycles. The van der Waals surface area contributed by atoms with Gasteiger partial charge >= 0.3 is 0 Å². The van der Waals surface area contributed by atoms with Gasteiger partial charge < -0.3 is 19.3 Å². The van der Waals surface area contributed by atoms with Gasteiger partial charge in [0.1, 0.15) is 0 Å². The zero-order valence-corrected chi connectivity index (χ0v) is 14.4. The second-order valence-electron chi connectivity index (χ2n) is 7.00. The van der Waals surface area contributed by atoms with Crippen LogP contribution in [0.1, 0.15) is 30.3 Å². The number of fused-ring (bicyclic) bond motifs is 2. The second-order valence-corrected chi connectivity index (χ2v) is 7.00. The largest absolute Gasteiger partial charge is 0.378 e. The van der Waals surface area contributed by atoms with E-state index in [1.807, 2.05) is 11.8 Å². The summed E-state index contributed by atoms with van der Waals surface area (Å²) in [5.41, 5.74) is 2.99. The molecule has 2 fully saturated rings. The summed E-state index contributed by atoms with van der Waals surface area (Å²) in [7, 11) is 0. The Morgan fingerprint density at radius 3 is 2.67 bits per heavy atom. The van der Waals surface area contributed by atoms with Crippen molar-refractivity contribution in [2.45, 2.75) is 32.3 Å². The molecular formula is C17H24N4O3. The number of carbonyl (C=O) groups is 1. The molecule has 3 aliphatic heterocycles. The zero-order chi connectivity index (χ0) is 16.7. The van der Waals surface area contributed by atoms with E-state index in [1.165, 1.54) is 0 Å². The highest BCUT2D eigenvalue weighted by Crippen LogP contribution is 2.40. The molecule has 130 valence electrons. The maximum Gasteiger partial charge on any atom is 0.225 e. The van der Waals surface area contributed by atoms with Crippen molar-refractivity contribution in [3.63, 3.8) is 0 Å². The van der Waals surface area contributed by atoms with E-state index in [0.717, 1.165) is 49.0 Å². The number of ether oxygens (including phenoxy) is 2. The van der Waals surface area contributed by atoms with E-state index in [4.69, 9.17) is 19.4 Å². The van der Waals surface area contributed by atoms with Crippen molar-refractivity contribution < 1.29 is 14.3 Å². The van der Waals surface area contributed by atoms with Gasteiger partial charge in [-0.3, -0.25) is 4.79 Å². The molecule has 0 N–H and O–H groups in total. The second kappa shape index (κ2) is 5.97. The quantitative estimate of drug-likeness (QED) is 0.752. The molecule has 2 saturated heterocycles. The van der Waals surface area contributed by atoms with Crippen LogP contribution in [0.5, 0.6) is 0 Å². The Morgan fingerprint density at radius 1 is 1.17 bits per heavy atom. The van der Waals surface area contributed by atoms with E-state index in [2.05, 4.69) is 4.90 Å². The van der Waals surface area contributed by atoms with Gasteiger partial charge in [0, 0.05) is 44.4 Å². The van der Waals surface area contributed by atoms with Gasteiger partial charge in [-0.05, 0) is 13.3 Å². The Labute approximate surface area is 142 Å². The lowest BCUT2D eigenvalue weighted by molar-refractivity contribution is -0.128. The minimum atomic E-state index is -0.187. The van der Waals surface area contributed by atoms with E-state index < -0.39 is 0 Å². The fourth-order valence-corrected chi connectivity index (χ4v) is 3.97. The van der Waals surface area contributed by atoms with Crippen LogP contribution in [0.15, 0.2) is 0 Å². The maximum absolute atomic E-state index is 11.8. The highest BCUT2D eigenvalue weighted by atomic mass is 16.5. The lowest BCUT2D eigenvalue weighted by Gasteiger charge is -2.36. The lowest BCUT2D eigenvalue weighted by Crippen LogP contribution is -2.43. The molecule has 7 nitrogen and oxygen atoms in total. The van der Waals surface area contributed by atoms with Crippen molar-refractivity contribution in [3.8, 4) is 0 Å². The van der Waals surface area contributed by atoms with Gasteiger partial charge in [-0.15, -0.1) is 0 Å². The zero-order valence-electron chi connectivity index (χ0n) is 14.4. The van der Waals surface area contributed by atoms with Crippen LogP contribution in [-0.2, 0) is 26.3 Å². The van der Waals surface area contributed by atoms with Gasteiger partial charge in [0.05, 0.1) is 37.5 Å². The van der Waals surface area contributed by atoms with Crippen LogP contribution in [0.25, 0.3) is 0 Å². The average molecular weight is 332 g/mol. The van der Waals surface area contributed by atoms with Crippen molar-refractivity contribution in [3.05, 3.63) is 17.0 Å². The Hall–Kier alpha value is -1.73. The third-order valence-corrected chi connectivity index (χ3v) is 5.42. The molecule has 4 heterocycles. The van der Waals surface area contributed by atoms with Crippen molar-refractivity contribution in [1.82, 2.24) is 14.9 Å². The van der Waals surface area contributed by atoms with E-state index in [0.29, 0.717) is 33.0 Å². The first-order valence-corrected chi connectivity index (χ1v) is 8.63. The standard InChI is InChI=1S/C17H24N4O3/c1-12-14-9-24-11-17(3-4-21(10-17)13(2)22)15(14)19-16(18-12)20-5-7-23-8-6-20/h3-11H2,1-2H3. The predicted octanol–water partition coefficient (Wildman–Crippen LogP) is 0.642. The topological polar surface area (TPSA) is 67.8 Å². The number of rotatable bonds is 1. The highest BCUT2D eigenvalue weighted by Gasteiger charge is 2.46. The van der Waals surface area contributed by atoms with Crippen LogP contribution in [-0.4, -0.2) is 66.8 Å². The molecule has 0 radical (unpaired) electrons. The number of likely N-dealkylation sites (tertiary alicyclic amines) is 1. The van der Waals surface area contributed by atoms with Crippen molar-refractivity contribution in [1.29, 1.82) is 0 Å².